The predicted octanol–water partition coefficient (Wildman–Crippen LogP) is 5.02. The maximum atomic E-state index is 6.19. The summed E-state index contributed by atoms with van der Waals surface area (Å²) in [6.07, 6.45) is 1.70. The highest BCUT2D eigenvalue weighted by Crippen LogP contribution is 2.27. The molecule has 0 spiro atoms. The van der Waals surface area contributed by atoms with Gasteiger partial charge >= 0.3 is 0 Å². The first-order valence-electron chi connectivity index (χ1n) is 7.27. The predicted molar refractivity (Wildman–Crippen MR) is 90.1 cm³/mol. The Kier molecular flexibility index (Phi) is 4.45. The molecule has 3 nitrogen and oxygen atoms in total. The number of nitrogens with zero attached hydrogens (tertiary/aromatic N) is 2. The normalized spacial score (nSPS) is 10.6. The van der Waals surface area contributed by atoms with E-state index in [2.05, 4.69) is 28.9 Å². The smallest absolute Gasteiger partial charge is 0.227 e. The van der Waals surface area contributed by atoms with E-state index in [4.69, 9.17) is 16.0 Å². The second kappa shape index (κ2) is 6.67. The highest BCUT2D eigenvalue weighted by atomic mass is 35.5. The average molecular weight is 313 g/mol. The summed E-state index contributed by atoms with van der Waals surface area (Å²) in [7, 11) is 0. The van der Waals surface area contributed by atoms with Crippen LogP contribution in [-0.2, 0) is 6.54 Å². The number of hydrogen-bond acceptors (Lipinski definition) is 3. The van der Waals surface area contributed by atoms with Gasteiger partial charge in [-0.3, -0.25) is 0 Å². The molecule has 4 heteroatoms. The molecule has 1 heterocycles. The molecule has 0 aliphatic heterocycles. The van der Waals surface area contributed by atoms with Crippen molar-refractivity contribution < 1.29 is 4.42 Å². The third-order valence-electron chi connectivity index (χ3n) is 3.51. The van der Waals surface area contributed by atoms with Gasteiger partial charge in [0.05, 0.1) is 22.8 Å². The van der Waals surface area contributed by atoms with Crippen molar-refractivity contribution in [3.8, 4) is 11.5 Å². The van der Waals surface area contributed by atoms with Gasteiger partial charge in [-0.15, -0.1) is 0 Å². The number of anilines is 1. The molecule has 112 valence electrons. The van der Waals surface area contributed by atoms with Crippen LogP contribution in [-0.4, -0.2) is 11.5 Å². The van der Waals surface area contributed by atoms with Gasteiger partial charge in [-0.1, -0.05) is 41.9 Å². The SMILES string of the molecule is CCN(Cc1coc(-c2ccccc2Cl)n1)c1ccccc1. The van der Waals surface area contributed by atoms with Crippen LogP contribution in [0.2, 0.25) is 5.02 Å². The van der Waals surface area contributed by atoms with Crippen LogP contribution in [0.4, 0.5) is 5.69 Å². The van der Waals surface area contributed by atoms with Crippen LogP contribution in [0.3, 0.4) is 0 Å². The number of benzene rings is 2. The summed E-state index contributed by atoms with van der Waals surface area (Å²) in [5.74, 6) is 0.560. The lowest BCUT2D eigenvalue weighted by molar-refractivity contribution is 0.572. The van der Waals surface area contributed by atoms with E-state index in [0.29, 0.717) is 17.5 Å². The number of para-hydroxylation sites is 1. The molecule has 0 aliphatic rings. The van der Waals surface area contributed by atoms with Crippen LogP contribution in [0.5, 0.6) is 0 Å². The van der Waals surface area contributed by atoms with Crippen LogP contribution in [0.15, 0.2) is 65.3 Å². The van der Waals surface area contributed by atoms with Crippen molar-refractivity contribution in [2.75, 3.05) is 11.4 Å². The molecule has 3 rings (SSSR count). The molecule has 0 atom stereocenters. The monoisotopic (exact) mass is 312 g/mol. The molecule has 2 aromatic carbocycles. The van der Waals surface area contributed by atoms with E-state index in [0.717, 1.165) is 17.8 Å². The number of halogens is 1. The largest absolute Gasteiger partial charge is 0.444 e. The summed E-state index contributed by atoms with van der Waals surface area (Å²) in [6.45, 7) is 3.73. The molecule has 0 bridgehead atoms. The first-order chi connectivity index (χ1) is 10.8. The van der Waals surface area contributed by atoms with Crippen molar-refractivity contribution in [1.82, 2.24) is 4.98 Å². The molecule has 22 heavy (non-hydrogen) atoms. The highest BCUT2D eigenvalue weighted by Gasteiger charge is 2.12. The Bertz CT molecular complexity index is 740. The van der Waals surface area contributed by atoms with E-state index in [1.165, 1.54) is 5.69 Å². The van der Waals surface area contributed by atoms with Gasteiger partial charge in [0.15, 0.2) is 0 Å². The highest BCUT2D eigenvalue weighted by molar-refractivity contribution is 6.33. The van der Waals surface area contributed by atoms with Gasteiger partial charge in [0, 0.05) is 12.2 Å². The van der Waals surface area contributed by atoms with Gasteiger partial charge in [0.2, 0.25) is 5.89 Å². The number of aromatic nitrogens is 1. The third-order valence-corrected chi connectivity index (χ3v) is 3.84. The lowest BCUT2D eigenvalue weighted by atomic mass is 10.2. The third kappa shape index (κ3) is 3.15. The van der Waals surface area contributed by atoms with Crippen molar-refractivity contribution in [3.63, 3.8) is 0 Å². The molecular formula is C18H17ClN2O. The van der Waals surface area contributed by atoms with E-state index in [-0.39, 0.29) is 0 Å². The quantitative estimate of drug-likeness (QED) is 0.662. The van der Waals surface area contributed by atoms with E-state index in [9.17, 15) is 0 Å². The molecule has 0 amide bonds. The molecule has 0 aliphatic carbocycles. The van der Waals surface area contributed by atoms with Gasteiger partial charge in [0.25, 0.3) is 0 Å². The lowest BCUT2D eigenvalue weighted by Crippen LogP contribution is -2.21. The van der Waals surface area contributed by atoms with Crippen LogP contribution in [0.25, 0.3) is 11.5 Å². The summed E-state index contributed by atoms with van der Waals surface area (Å²) in [5, 5.41) is 0.645. The molecular weight excluding hydrogens is 296 g/mol. The van der Waals surface area contributed by atoms with Crippen molar-refractivity contribution in [3.05, 3.63) is 71.6 Å². The van der Waals surface area contributed by atoms with E-state index < -0.39 is 0 Å². The molecule has 0 N–H and O–H groups in total. The second-order valence-corrected chi connectivity index (χ2v) is 5.38. The zero-order valence-corrected chi connectivity index (χ0v) is 13.1. The topological polar surface area (TPSA) is 29.3 Å². The fourth-order valence-electron chi connectivity index (χ4n) is 2.36. The zero-order valence-electron chi connectivity index (χ0n) is 12.4. The van der Waals surface area contributed by atoms with E-state index in [1.807, 2.05) is 42.5 Å². The minimum Gasteiger partial charge on any atom is -0.444 e. The summed E-state index contributed by atoms with van der Waals surface area (Å²) in [5.41, 5.74) is 2.88. The zero-order chi connectivity index (χ0) is 15.4. The summed E-state index contributed by atoms with van der Waals surface area (Å²) >= 11 is 6.19. The number of rotatable bonds is 5. The Morgan fingerprint density at radius 3 is 2.50 bits per heavy atom. The molecule has 0 unspecified atom stereocenters. The lowest BCUT2D eigenvalue weighted by Gasteiger charge is -2.21. The van der Waals surface area contributed by atoms with Crippen molar-refractivity contribution >= 4 is 17.3 Å². The van der Waals surface area contributed by atoms with Crippen molar-refractivity contribution in [2.24, 2.45) is 0 Å². The first kappa shape index (κ1) is 14.7. The summed E-state index contributed by atoms with van der Waals surface area (Å²) in [4.78, 5) is 6.81. The van der Waals surface area contributed by atoms with Crippen molar-refractivity contribution in [1.29, 1.82) is 0 Å². The molecule has 3 aromatic rings. The fourth-order valence-corrected chi connectivity index (χ4v) is 2.57. The van der Waals surface area contributed by atoms with Crippen LogP contribution in [0.1, 0.15) is 12.6 Å². The maximum absolute atomic E-state index is 6.19. The average Bonchev–Trinajstić information content (AvgIpc) is 3.02. The Morgan fingerprint density at radius 1 is 1.05 bits per heavy atom. The maximum Gasteiger partial charge on any atom is 0.227 e. The molecule has 0 saturated heterocycles. The van der Waals surface area contributed by atoms with Gasteiger partial charge in [-0.2, -0.15) is 0 Å². The first-order valence-corrected chi connectivity index (χ1v) is 7.65. The Labute approximate surface area is 135 Å². The van der Waals surface area contributed by atoms with E-state index >= 15 is 0 Å². The van der Waals surface area contributed by atoms with Gasteiger partial charge < -0.3 is 9.32 Å². The number of hydrogen-bond donors (Lipinski definition) is 0. The Hall–Kier alpha value is -2.26. The standard InChI is InChI=1S/C18H17ClN2O/c1-2-21(15-8-4-3-5-9-15)12-14-13-22-18(20-14)16-10-6-7-11-17(16)19/h3-11,13H,2,12H2,1H3. The summed E-state index contributed by atoms with van der Waals surface area (Å²) in [6, 6.07) is 17.8. The Morgan fingerprint density at radius 2 is 1.77 bits per heavy atom. The molecule has 1 aromatic heterocycles. The minimum atomic E-state index is 0.560. The van der Waals surface area contributed by atoms with Gasteiger partial charge in [-0.25, -0.2) is 4.98 Å². The van der Waals surface area contributed by atoms with Crippen LogP contribution in [0, 0.1) is 0 Å². The fraction of sp³-hybridized carbons (Fsp3) is 0.167. The van der Waals surface area contributed by atoms with Crippen molar-refractivity contribution in [2.45, 2.75) is 13.5 Å². The molecule has 0 radical (unpaired) electrons. The summed E-state index contributed by atoms with van der Waals surface area (Å²) < 4.78 is 5.59. The van der Waals surface area contributed by atoms with Crippen LogP contribution >= 0.6 is 11.6 Å². The Balaban J connectivity index is 1.81. The minimum absolute atomic E-state index is 0.560. The van der Waals surface area contributed by atoms with Gasteiger partial charge in [-0.05, 0) is 31.2 Å². The van der Waals surface area contributed by atoms with E-state index in [1.54, 1.807) is 6.26 Å². The molecule has 0 fully saturated rings. The second-order valence-electron chi connectivity index (χ2n) is 4.97. The van der Waals surface area contributed by atoms with Crippen LogP contribution < -0.4 is 4.90 Å². The van der Waals surface area contributed by atoms with Gasteiger partial charge in [0.1, 0.15) is 6.26 Å². The molecule has 0 saturated carbocycles. The number of oxazole rings is 1.